The van der Waals surface area contributed by atoms with Crippen molar-refractivity contribution in [2.75, 3.05) is 0 Å². The molecule has 0 heterocycles. The van der Waals surface area contributed by atoms with Gasteiger partial charge in [-0.2, -0.15) is 4.72 Å². The summed E-state index contributed by atoms with van der Waals surface area (Å²) < 4.78 is 26.6. The third-order valence-corrected chi connectivity index (χ3v) is 4.83. The zero-order chi connectivity index (χ0) is 13.9. The lowest BCUT2D eigenvalue weighted by Gasteiger charge is -2.14. The van der Waals surface area contributed by atoms with E-state index in [1.54, 1.807) is 19.1 Å². The summed E-state index contributed by atoms with van der Waals surface area (Å²) in [4.78, 5) is 10.9. The van der Waals surface area contributed by atoms with Gasteiger partial charge in [-0.05, 0) is 47.0 Å². The van der Waals surface area contributed by atoms with Crippen LogP contribution >= 0.6 is 15.9 Å². The van der Waals surface area contributed by atoms with Crippen molar-refractivity contribution in [3.63, 3.8) is 0 Å². The van der Waals surface area contributed by atoms with Gasteiger partial charge in [0.25, 0.3) is 0 Å². The van der Waals surface area contributed by atoms with Crippen LogP contribution in [-0.4, -0.2) is 25.5 Å². The number of aliphatic carboxylic acids is 1. The molecule has 0 radical (unpaired) electrons. The number of hydrogen-bond acceptors (Lipinski definition) is 3. The Bertz CT molecular complexity index is 556. The predicted octanol–water partition coefficient (Wildman–Crippen LogP) is 1.90. The van der Waals surface area contributed by atoms with Crippen molar-refractivity contribution >= 4 is 31.9 Å². The van der Waals surface area contributed by atoms with E-state index >= 15 is 0 Å². The smallest absolute Gasteiger partial charge is 0.321 e. The number of halogens is 1. The lowest BCUT2D eigenvalue weighted by molar-refractivity contribution is -0.139. The topological polar surface area (TPSA) is 83.5 Å². The van der Waals surface area contributed by atoms with E-state index in [1.165, 1.54) is 6.07 Å². The summed E-state index contributed by atoms with van der Waals surface area (Å²) in [5.74, 6) is -1.19. The van der Waals surface area contributed by atoms with Gasteiger partial charge in [0.05, 0.1) is 4.90 Å². The number of sulfonamides is 1. The molecule has 0 bridgehead atoms. The van der Waals surface area contributed by atoms with Gasteiger partial charge < -0.3 is 5.11 Å². The third kappa shape index (κ3) is 3.54. The Kier molecular flexibility index (Phi) is 4.89. The molecule has 1 atom stereocenters. The molecule has 1 rings (SSSR count). The molecule has 0 saturated carbocycles. The molecule has 0 spiro atoms. The fourth-order valence-electron chi connectivity index (χ4n) is 1.38. The highest BCUT2D eigenvalue weighted by molar-refractivity contribution is 9.10. The predicted molar refractivity (Wildman–Crippen MR) is 70.9 cm³/mol. The van der Waals surface area contributed by atoms with Crippen molar-refractivity contribution in [1.82, 2.24) is 4.72 Å². The Labute approximate surface area is 114 Å². The lowest BCUT2D eigenvalue weighted by atomic mass is 10.2. The zero-order valence-electron chi connectivity index (χ0n) is 9.97. The maximum Gasteiger partial charge on any atom is 0.321 e. The van der Waals surface area contributed by atoms with E-state index in [4.69, 9.17) is 5.11 Å². The SMILES string of the molecule is CC[C@H](NS(=O)(=O)c1ccc(C)cc1Br)C(=O)O. The molecule has 100 valence electrons. The van der Waals surface area contributed by atoms with Gasteiger partial charge >= 0.3 is 5.97 Å². The minimum Gasteiger partial charge on any atom is -0.480 e. The molecule has 0 unspecified atom stereocenters. The number of benzene rings is 1. The highest BCUT2D eigenvalue weighted by atomic mass is 79.9. The molecule has 0 saturated heterocycles. The Morgan fingerprint density at radius 2 is 2.11 bits per heavy atom. The number of hydrogen-bond donors (Lipinski definition) is 2. The van der Waals surface area contributed by atoms with Crippen LogP contribution in [0.1, 0.15) is 18.9 Å². The summed E-state index contributed by atoms with van der Waals surface area (Å²) in [7, 11) is -3.84. The van der Waals surface area contributed by atoms with Gasteiger partial charge in [0.2, 0.25) is 10.0 Å². The van der Waals surface area contributed by atoms with Gasteiger partial charge in [-0.3, -0.25) is 4.79 Å². The third-order valence-electron chi connectivity index (χ3n) is 2.38. The molecule has 7 heteroatoms. The maximum absolute atomic E-state index is 12.0. The quantitative estimate of drug-likeness (QED) is 0.860. The first-order chi connectivity index (χ1) is 8.27. The molecule has 0 aliphatic rings. The van der Waals surface area contributed by atoms with Crippen molar-refractivity contribution in [1.29, 1.82) is 0 Å². The molecule has 18 heavy (non-hydrogen) atoms. The fraction of sp³-hybridized carbons (Fsp3) is 0.364. The first kappa shape index (κ1) is 15.1. The van der Waals surface area contributed by atoms with Gasteiger partial charge in [-0.25, -0.2) is 8.42 Å². The maximum atomic E-state index is 12.0. The monoisotopic (exact) mass is 335 g/mol. The molecule has 0 aromatic heterocycles. The van der Waals surface area contributed by atoms with E-state index in [1.807, 2.05) is 6.92 Å². The van der Waals surface area contributed by atoms with Crippen LogP contribution in [0.3, 0.4) is 0 Å². The number of nitrogens with one attached hydrogen (secondary N) is 1. The number of aryl methyl sites for hydroxylation is 1. The van der Waals surface area contributed by atoms with Gasteiger partial charge in [0.1, 0.15) is 6.04 Å². The fourth-order valence-corrected chi connectivity index (χ4v) is 3.85. The molecule has 0 aliphatic heterocycles. The molecule has 1 aromatic rings. The normalized spacial score (nSPS) is 13.3. The highest BCUT2D eigenvalue weighted by Gasteiger charge is 2.25. The summed E-state index contributed by atoms with van der Waals surface area (Å²) >= 11 is 3.17. The number of carbonyl (C=O) groups is 1. The van der Waals surface area contributed by atoms with Crippen LogP contribution < -0.4 is 4.72 Å². The van der Waals surface area contributed by atoms with Crippen LogP contribution in [0.4, 0.5) is 0 Å². The Balaban J connectivity index is 3.10. The largest absolute Gasteiger partial charge is 0.480 e. The van der Waals surface area contributed by atoms with Crippen LogP contribution in [-0.2, 0) is 14.8 Å². The van der Waals surface area contributed by atoms with E-state index < -0.39 is 22.0 Å². The minimum atomic E-state index is -3.84. The van der Waals surface area contributed by atoms with Gasteiger partial charge in [0, 0.05) is 4.47 Å². The van der Waals surface area contributed by atoms with Crippen LogP contribution in [0.2, 0.25) is 0 Å². The molecule has 0 fully saturated rings. The summed E-state index contributed by atoms with van der Waals surface area (Å²) in [6.45, 7) is 3.44. The van der Waals surface area contributed by atoms with E-state index in [9.17, 15) is 13.2 Å². The molecule has 0 aliphatic carbocycles. The van der Waals surface area contributed by atoms with E-state index in [-0.39, 0.29) is 11.3 Å². The zero-order valence-corrected chi connectivity index (χ0v) is 12.4. The van der Waals surface area contributed by atoms with Gasteiger partial charge in [0.15, 0.2) is 0 Å². The van der Waals surface area contributed by atoms with E-state index in [2.05, 4.69) is 20.7 Å². The summed E-state index contributed by atoms with van der Waals surface area (Å²) in [6.07, 6.45) is 0.179. The first-order valence-corrected chi connectivity index (χ1v) is 7.57. The summed E-state index contributed by atoms with van der Waals surface area (Å²) in [5.41, 5.74) is 0.908. The highest BCUT2D eigenvalue weighted by Crippen LogP contribution is 2.23. The lowest BCUT2D eigenvalue weighted by Crippen LogP contribution is -2.40. The molecule has 0 amide bonds. The van der Waals surface area contributed by atoms with E-state index in [0.717, 1.165) is 5.56 Å². The number of carboxylic acids is 1. The van der Waals surface area contributed by atoms with Crippen LogP contribution in [0.5, 0.6) is 0 Å². The van der Waals surface area contributed by atoms with Gasteiger partial charge in [-0.15, -0.1) is 0 Å². The molecule has 5 nitrogen and oxygen atoms in total. The second-order valence-electron chi connectivity index (χ2n) is 3.85. The van der Waals surface area contributed by atoms with Crippen molar-refractivity contribution in [3.05, 3.63) is 28.2 Å². The standard InChI is InChI=1S/C11H14BrNO4S/c1-3-9(11(14)15)13-18(16,17)10-5-4-7(2)6-8(10)12/h4-6,9,13H,3H2,1-2H3,(H,14,15)/t9-/m0/s1. The van der Waals surface area contributed by atoms with E-state index in [0.29, 0.717) is 4.47 Å². The van der Waals surface area contributed by atoms with Crippen LogP contribution in [0, 0.1) is 6.92 Å². The van der Waals surface area contributed by atoms with Crippen LogP contribution in [0.15, 0.2) is 27.6 Å². The average molecular weight is 336 g/mol. The first-order valence-electron chi connectivity index (χ1n) is 5.29. The molecule has 2 N–H and O–H groups in total. The second-order valence-corrected chi connectivity index (χ2v) is 6.39. The Morgan fingerprint density at radius 3 is 2.56 bits per heavy atom. The van der Waals surface area contributed by atoms with Crippen molar-refractivity contribution in [2.24, 2.45) is 0 Å². The Morgan fingerprint density at radius 1 is 1.50 bits per heavy atom. The number of rotatable bonds is 5. The summed E-state index contributed by atoms with van der Waals surface area (Å²) in [6, 6.07) is 3.64. The van der Waals surface area contributed by atoms with Gasteiger partial charge in [-0.1, -0.05) is 13.0 Å². The number of carboxylic acid groups (broad SMARTS) is 1. The average Bonchev–Trinajstić information content (AvgIpc) is 2.24. The molecule has 1 aromatic carbocycles. The van der Waals surface area contributed by atoms with Crippen LogP contribution in [0.25, 0.3) is 0 Å². The van der Waals surface area contributed by atoms with Crippen molar-refractivity contribution in [2.45, 2.75) is 31.2 Å². The molecular weight excluding hydrogens is 322 g/mol. The second kappa shape index (κ2) is 5.81. The van der Waals surface area contributed by atoms with Crippen molar-refractivity contribution < 1.29 is 18.3 Å². The minimum absolute atomic E-state index is 0.0350. The summed E-state index contributed by atoms with van der Waals surface area (Å²) in [5, 5.41) is 8.86. The van der Waals surface area contributed by atoms with Crippen molar-refractivity contribution in [3.8, 4) is 0 Å². The molecular formula is C11H14BrNO4S. The Hall–Kier alpha value is -0.920.